The summed E-state index contributed by atoms with van der Waals surface area (Å²) in [4.78, 5) is 14.6. The van der Waals surface area contributed by atoms with Crippen LogP contribution in [0.5, 0.6) is 5.75 Å². The molecule has 0 spiro atoms. The van der Waals surface area contributed by atoms with Crippen molar-refractivity contribution < 1.29 is 22.7 Å². The third-order valence-corrected chi connectivity index (χ3v) is 7.47. The Morgan fingerprint density at radius 1 is 1.03 bits per heavy atom. The number of sulfone groups is 1. The van der Waals surface area contributed by atoms with Crippen LogP contribution in [0.2, 0.25) is 0 Å². The first-order valence-corrected chi connectivity index (χ1v) is 12.2. The first kappa shape index (κ1) is 20.9. The van der Waals surface area contributed by atoms with E-state index in [-0.39, 0.29) is 36.2 Å². The molecular formula is C23H27NO5S. The number of rotatable bonds is 7. The zero-order valence-electron chi connectivity index (χ0n) is 16.9. The summed E-state index contributed by atoms with van der Waals surface area (Å²) in [6.07, 6.45) is 2.32. The van der Waals surface area contributed by atoms with Gasteiger partial charge >= 0.3 is 0 Å². The lowest BCUT2D eigenvalue weighted by Gasteiger charge is -2.30. The first-order chi connectivity index (χ1) is 14.5. The molecule has 0 N–H and O–H groups in total. The van der Waals surface area contributed by atoms with Gasteiger partial charge in [0.15, 0.2) is 16.4 Å². The molecule has 2 aliphatic heterocycles. The highest BCUT2D eigenvalue weighted by Crippen LogP contribution is 2.24. The third kappa shape index (κ3) is 5.21. The molecule has 1 amide bonds. The number of amides is 1. The minimum atomic E-state index is -3.08. The highest BCUT2D eigenvalue weighted by molar-refractivity contribution is 7.91. The molecule has 2 aliphatic rings. The Labute approximate surface area is 177 Å². The van der Waals surface area contributed by atoms with Gasteiger partial charge < -0.3 is 14.4 Å². The Bertz CT molecular complexity index is 953. The van der Waals surface area contributed by atoms with E-state index >= 15 is 0 Å². The second-order valence-electron chi connectivity index (χ2n) is 7.92. The van der Waals surface area contributed by atoms with Crippen molar-refractivity contribution in [2.24, 2.45) is 0 Å². The Kier molecular flexibility index (Phi) is 6.39. The van der Waals surface area contributed by atoms with Crippen LogP contribution in [0.4, 0.5) is 0 Å². The minimum absolute atomic E-state index is 0.0250. The van der Waals surface area contributed by atoms with Gasteiger partial charge in [0, 0.05) is 19.2 Å². The average Bonchev–Trinajstić information content (AvgIpc) is 3.40. The van der Waals surface area contributed by atoms with Crippen molar-refractivity contribution in [3.63, 3.8) is 0 Å². The van der Waals surface area contributed by atoms with Crippen LogP contribution >= 0.6 is 0 Å². The van der Waals surface area contributed by atoms with Crippen LogP contribution in [0.1, 0.15) is 19.3 Å². The lowest BCUT2D eigenvalue weighted by Crippen LogP contribution is -2.47. The van der Waals surface area contributed by atoms with Crippen LogP contribution in [0.25, 0.3) is 11.1 Å². The smallest absolute Gasteiger partial charge is 0.260 e. The topological polar surface area (TPSA) is 72.9 Å². The van der Waals surface area contributed by atoms with Gasteiger partial charge in [-0.3, -0.25) is 4.79 Å². The van der Waals surface area contributed by atoms with E-state index in [1.165, 1.54) is 0 Å². The van der Waals surface area contributed by atoms with Gasteiger partial charge in [-0.1, -0.05) is 42.5 Å². The normalized spacial score (nSPS) is 22.7. The summed E-state index contributed by atoms with van der Waals surface area (Å²) in [5, 5.41) is 0. The summed E-state index contributed by atoms with van der Waals surface area (Å²) in [6.45, 7) is 1.00. The highest BCUT2D eigenvalue weighted by Gasteiger charge is 2.36. The van der Waals surface area contributed by atoms with Gasteiger partial charge in [-0.2, -0.15) is 0 Å². The van der Waals surface area contributed by atoms with E-state index in [1.54, 1.807) is 4.90 Å². The molecule has 0 saturated carbocycles. The SMILES string of the molecule is O=C(COc1ccc(-c2ccccc2)cc1)N(C[C@@H]1CCCO1)[C@@H]1CCS(=O)(=O)C1. The summed E-state index contributed by atoms with van der Waals surface area (Å²) >= 11 is 0. The fraction of sp³-hybridized carbons (Fsp3) is 0.435. The molecule has 4 rings (SSSR count). The quantitative estimate of drug-likeness (QED) is 0.677. The molecule has 7 heteroatoms. The fourth-order valence-corrected chi connectivity index (χ4v) is 5.82. The molecular weight excluding hydrogens is 402 g/mol. The van der Waals surface area contributed by atoms with Crippen molar-refractivity contribution in [2.45, 2.75) is 31.4 Å². The van der Waals surface area contributed by atoms with Crippen molar-refractivity contribution in [3.8, 4) is 16.9 Å². The summed E-state index contributed by atoms with van der Waals surface area (Å²) < 4.78 is 35.3. The Morgan fingerprint density at radius 3 is 2.40 bits per heavy atom. The predicted octanol–water partition coefficient (Wildman–Crippen LogP) is 2.93. The van der Waals surface area contributed by atoms with Gasteiger partial charge in [0.1, 0.15) is 5.75 Å². The number of ether oxygens (including phenoxy) is 2. The standard InChI is InChI=1S/C23H27NO5S/c25-23(16-29-21-10-8-19(9-11-21)18-5-2-1-3-6-18)24(15-22-7-4-13-28-22)20-12-14-30(26,27)17-20/h1-3,5-6,8-11,20,22H,4,7,12-17H2/t20-,22+/m1/s1. The molecule has 2 fully saturated rings. The molecule has 0 radical (unpaired) electrons. The molecule has 2 atom stereocenters. The third-order valence-electron chi connectivity index (χ3n) is 5.72. The van der Waals surface area contributed by atoms with E-state index in [9.17, 15) is 13.2 Å². The minimum Gasteiger partial charge on any atom is -0.484 e. The van der Waals surface area contributed by atoms with Gasteiger partial charge in [0.2, 0.25) is 0 Å². The Balaban J connectivity index is 1.39. The van der Waals surface area contributed by atoms with Crippen molar-refractivity contribution in [1.29, 1.82) is 0 Å². The van der Waals surface area contributed by atoms with E-state index < -0.39 is 9.84 Å². The maximum atomic E-state index is 12.9. The molecule has 160 valence electrons. The van der Waals surface area contributed by atoms with Crippen LogP contribution in [0, 0.1) is 0 Å². The van der Waals surface area contributed by atoms with Gasteiger partial charge in [-0.25, -0.2) is 8.42 Å². The van der Waals surface area contributed by atoms with E-state index in [4.69, 9.17) is 9.47 Å². The summed E-state index contributed by atoms with van der Waals surface area (Å²) in [7, 11) is -3.08. The number of hydrogen-bond acceptors (Lipinski definition) is 5. The van der Waals surface area contributed by atoms with Crippen LogP contribution in [0.15, 0.2) is 54.6 Å². The first-order valence-electron chi connectivity index (χ1n) is 10.4. The van der Waals surface area contributed by atoms with Gasteiger partial charge in [-0.05, 0) is 42.5 Å². The summed E-state index contributed by atoms with van der Waals surface area (Å²) in [6, 6.07) is 17.4. The van der Waals surface area contributed by atoms with E-state index in [2.05, 4.69) is 0 Å². The Hall–Kier alpha value is -2.38. The molecule has 2 aromatic carbocycles. The van der Waals surface area contributed by atoms with Crippen molar-refractivity contribution in [1.82, 2.24) is 4.90 Å². The zero-order chi connectivity index (χ0) is 21.0. The van der Waals surface area contributed by atoms with Crippen molar-refractivity contribution >= 4 is 15.7 Å². The number of benzene rings is 2. The zero-order valence-corrected chi connectivity index (χ0v) is 17.7. The average molecular weight is 430 g/mol. The maximum absolute atomic E-state index is 12.9. The molecule has 2 aromatic rings. The van der Waals surface area contributed by atoms with Crippen LogP contribution < -0.4 is 4.74 Å². The number of carbonyl (C=O) groups is 1. The van der Waals surface area contributed by atoms with E-state index in [0.717, 1.165) is 24.0 Å². The second kappa shape index (κ2) is 9.18. The lowest BCUT2D eigenvalue weighted by molar-refractivity contribution is -0.137. The van der Waals surface area contributed by atoms with Crippen LogP contribution in [-0.4, -0.2) is 62.6 Å². The number of nitrogens with zero attached hydrogens (tertiary/aromatic N) is 1. The molecule has 0 unspecified atom stereocenters. The highest BCUT2D eigenvalue weighted by atomic mass is 32.2. The molecule has 2 saturated heterocycles. The molecule has 2 heterocycles. The van der Waals surface area contributed by atoms with Crippen molar-refractivity contribution in [3.05, 3.63) is 54.6 Å². The lowest BCUT2D eigenvalue weighted by atomic mass is 10.1. The number of carbonyl (C=O) groups excluding carboxylic acids is 1. The van der Waals surface area contributed by atoms with Crippen LogP contribution in [-0.2, 0) is 19.4 Å². The monoisotopic (exact) mass is 429 g/mol. The van der Waals surface area contributed by atoms with Crippen LogP contribution in [0.3, 0.4) is 0 Å². The van der Waals surface area contributed by atoms with Gasteiger partial charge in [-0.15, -0.1) is 0 Å². The Morgan fingerprint density at radius 2 is 1.77 bits per heavy atom. The largest absolute Gasteiger partial charge is 0.484 e. The molecule has 6 nitrogen and oxygen atoms in total. The van der Waals surface area contributed by atoms with Gasteiger partial charge in [0.05, 0.1) is 17.6 Å². The summed E-state index contributed by atoms with van der Waals surface area (Å²) in [5.74, 6) is 0.574. The fourth-order valence-electron chi connectivity index (χ4n) is 4.09. The predicted molar refractivity (Wildman–Crippen MR) is 115 cm³/mol. The molecule has 0 bridgehead atoms. The molecule has 30 heavy (non-hydrogen) atoms. The van der Waals surface area contributed by atoms with E-state index in [0.29, 0.717) is 25.3 Å². The number of hydrogen-bond donors (Lipinski definition) is 0. The summed E-state index contributed by atoms with van der Waals surface area (Å²) in [5.41, 5.74) is 2.19. The molecule has 0 aromatic heterocycles. The second-order valence-corrected chi connectivity index (χ2v) is 10.1. The van der Waals surface area contributed by atoms with E-state index in [1.807, 2.05) is 54.6 Å². The maximum Gasteiger partial charge on any atom is 0.260 e. The van der Waals surface area contributed by atoms with Crippen molar-refractivity contribution in [2.75, 3.05) is 31.3 Å². The molecule has 0 aliphatic carbocycles. The van der Waals surface area contributed by atoms with Gasteiger partial charge in [0.25, 0.3) is 5.91 Å².